The Hall–Kier alpha value is -3.33. The molecule has 0 aromatic carbocycles. The summed E-state index contributed by atoms with van der Waals surface area (Å²) in [6.07, 6.45) is 0.134. The minimum Gasteiger partial charge on any atom is -0.353 e. The maximum atomic E-state index is 14.8. The minimum absolute atomic E-state index is 0.0998. The van der Waals surface area contributed by atoms with Crippen molar-refractivity contribution in [2.24, 2.45) is 0 Å². The van der Waals surface area contributed by atoms with Gasteiger partial charge in [-0.3, -0.25) is 4.79 Å². The highest BCUT2D eigenvalue weighted by atomic mass is 32.2. The summed E-state index contributed by atoms with van der Waals surface area (Å²) in [5.41, 5.74) is -0.672. The molecule has 2 fully saturated rings. The van der Waals surface area contributed by atoms with Crippen LogP contribution in [0.25, 0.3) is 22.4 Å². The molecule has 1 amide bonds. The topological polar surface area (TPSA) is 133 Å². The number of sulfonamides is 1. The molecule has 3 aromatic heterocycles. The summed E-state index contributed by atoms with van der Waals surface area (Å²) in [6, 6.07) is 3.46. The lowest BCUT2D eigenvalue weighted by molar-refractivity contribution is -0.141. The number of aromatic nitrogens is 4. The number of carbonyl (C=O) groups excluding carboxylic acids is 1. The molecule has 3 N–H and O–H groups in total. The number of hydrogen-bond donors (Lipinski definition) is 3. The van der Waals surface area contributed by atoms with Crippen LogP contribution in [-0.2, 0) is 14.8 Å². The summed E-state index contributed by atoms with van der Waals surface area (Å²) in [6.45, 7) is -1.81. The maximum absolute atomic E-state index is 14.8. The third-order valence-corrected chi connectivity index (χ3v) is 8.96. The molecule has 0 bridgehead atoms. The largest absolute Gasteiger partial charge is 0.405 e. The van der Waals surface area contributed by atoms with Crippen LogP contribution in [0.5, 0.6) is 0 Å². The fraction of sp³-hybridized carbons (Fsp3) is 0.455. The molecule has 1 aliphatic carbocycles. The molecule has 1 saturated carbocycles. The lowest BCUT2D eigenvalue weighted by Gasteiger charge is -2.41. The van der Waals surface area contributed by atoms with Crippen molar-refractivity contribution in [3.8, 4) is 11.4 Å². The van der Waals surface area contributed by atoms with Crippen LogP contribution in [0.15, 0.2) is 30.7 Å². The normalized spacial score (nSPS) is 18.6. The van der Waals surface area contributed by atoms with Crippen molar-refractivity contribution in [2.75, 3.05) is 25.0 Å². The Labute approximate surface area is 208 Å². The third kappa shape index (κ3) is 5.09. The van der Waals surface area contributed by atoms with Crippen molar-refractivity contribution in [1.29, 1.82) is 0 Å². The fourth-order valence-corrected chi connectivity index (χ4v) is 6.25. The molecule has 37 heavy (non-hydrogen) atoms. The smallest absolute Gasteiger partial charge is 0.353 e. The zero-order valence-electron chi connectivity index (χ0n) is 19.3. The molecule has 1 aliphatic heterocycles. The van der Waals surface area contributed by atoms with Gasteiger partial charge in [0.2, 0.25) is 15.9 Å². The highest BCUT2D eigenvalue weighted by Gasteiger charge is 2.48. The Morgan fingerprint density at radius 3 is 2.62 bits per heavy atom. The number of amides is 1. The Morgan fingerprint density at radius 2 is 1.95 bits per heavy atom. The molecule has 0 radical (unpaired) electrons. The van der Waals surface area contributed by atoms with E-state index >= 15 is 0 Å². The Balaban J connectivity index is 1.45. The SMILES string of the molecule is O=C(NCC(F)(F)F)C1(Nc2nc(-c3c[nH]c4ncccc34)ncc2F)CCN(S(=O)(=O)C2CC2)CC1. The van der Waals surface area contributed by atoms with E-state index in [1.807, 2.05) is 5.32 Å². The number of pyridine rings is 1. The second-order valence-corrected chi connectivity index (χ2v) is 11.4. The number of nitrogens with one attached hydrogen (secondary N) is 3. The first-order valence-electron chi connectivity index (χ1n) is 11.6. The predicted octanol–water partition coefficient (Wildman–Crippen LogP) is 2.58. The van der Waals surface area contributed by atoms with Crippen molar-refractivity contribution >= 4 is 32.8 Å². The number of carbonyl (C=O) groups is 1. The molecule has 3 aromatic rings. The zero-order chi connectivity index (χ0) is 26.4. The zero-order valence-corrected chi connectivity index (χ0v) is 20.2. The van der Waals surface area contributed by atoms with Gasteiger partial charge in [-0.25, -0.2) is 32.1 Å². The van der Waals surface area contributed by atoms with Gasteiger partial charge in [0.15, 0.2) is 17.5 Å². The summed E-state index contributed by atoms with van der Waals surface area (Å²) in [5.74, 6) is -2.23. The molecule has 198 valence electrons. The van der Waals surface area contributed by atoms with Crippen molar-refractivity contribution < 1.29 is 30.8 Å². The van der Waals surface area contributed by atoms with E-state index in [1.54, 1.807) is 24.5 Å². The number of halogens is 4. The summed E-state index contributed by atoms with van der Waals surface area (Å²) in [5, 5.41) is 4.76. The van der Waals surface area contributed by atoms with Crippen LogP contribution >= 0.6 is 0 Å². The Kier molecular flexibility index (Phi) is 6.30. The van der Waals surface area contributed by atoms with Crippen LogP contribution in [0, 0.1) is 5.82 Å². The summed E-state index contributed by atoms with van der Waals surface area (Å²) in [4.78, 5) is 28.4. The van der Waals surface area contributed by atoms with E-state index in [0.29, 0.717) is 29.4 Å². The van der Waals surface area contributed by atoms with Gasteiger partial charge in [-0.05, 0) is 37.8 Å². The first-order chi connectivity index (χ1) is 17.5. The van der Waals surface area contributed by atoms with Gasteiger partial charge in [-0.2, -0.15) is 13.2 Å². The number of hydrogen-bond acceptors (Lipinski definition) is 7. The van der Waals surface area contributed by atoms with E-state index in [-0.39, 0.29) is 37.6 Å². The van der Waals surface area contributed by atoms with Crippen LogP contribution < -0.4 is 10.6 Å². The van der Waals surface area contributed by atoms with Crippen LogP contribution in [0.1, 0.15) is 25.7 Å². The van der Waals surface area contributed by atoms with Gasteiger partial charge in [0, 0.05) is 36.4 Å². The van der Waals surface area contributed by atoms with Crippen molar-refractivity contribution in [1.82, 2.24) is 29.6 Å². The number of nitrogens with zero attached hydrogens (tertiary/aromatic N) is 4. The van der Waals surface area contributed by atoms with Gasteiger partial charge in [-0.15, -0.1) is 0 Å². The van der Waals surface area contributed by atoms with Gasteiger partial charge in [0.25, 0.3) is 0 Å². The number of H-pyrrole nitrogens is 1. The maximum Gasteiger partial charge on any atom is 0.405 e. The number of alkyl halides is 3. The van der Waals surface area contributed by atoms with Crippen molar-refractivity contribution in [2.45, 2.75) is 42.6 Å². The standard InChI is InChI=1S/C22H23F4N7O3S/c23-16-11-29-18(15-10-28-17-14(15)2-1-7-27-17)31-19(16)32-21(20(34)30-12-22(24,25)26)5-8-33(9-6-21)37(35,36)13-3-4-13/h1-2,7,10-11,13H,3-6,8-9,12H2,(H,27,28)(H,30,34)(H,29,31,32). The van der Waals surface area contributed by atoms with Crippen LogP contribution in [0.2, 0.25) is 0 Å². The average molecular weight is 542 g/mol. The van der Waals surface area contributed by atoms with Gasteiger partial charge < -0.3 is 15.6 Å². The van der Waals surface area contributed by atoms with Crippen molar-refractivity contribution in [3.05, 3.63) is 36.5 Å². The van der Waals surface area contributed by atoms with E-state index in [0.717, 1.165) is 6.20 Å². The highest BCUT2D eigenvalue weighted by Crippen LogP contribution is 2.36. The summed E-state index contributed by atoms with van der Waals surface area (Å²) in [7, 11) is -3.55. The molecule has 0 spiro atoms. The highest BCUT2D eigenvalue weighted by molar-refractivity contribution is 7.90. The molecule has 4 heterocycles. The monoisotopic (exact) mass is 541 g/mol. The Bertz CT molecular complexity index is 1430. The molecule has 0 unspecified atom stereocenters. The second kappa shape index (κ2) is 9.20. The van der Waals surface area contributed by atoms with Gasteiger partial charge in [0.1, 0.15) is 17.7 Å². The van der Waals surface area contributed by atoms with E-state index in [4.69, 9.17) is 0 Å². The lowest BCUT2D eigenvalue weighted by Crippen LogP contribution is -2.60. The number of anilines is 1. The number of rotatable bonds is 7. The van der Waals surface area contributed by atoms with Crippen LogP contribution in [0.3, 0.4) is 0 Å². The molecule has 2 aliphatic rings. The predicted molar refractivity (Wildman–Crippen MR) is 125 cm³/mol. The van der Waals surface area contributed by atoms with Crippen LogP contribution in [-0.4, -0.2) is 75.2 Å². The second-order valence-electron chi connectivity index (χ2n) is 9.14. The molecule has 15 heteroatoms. The molecular formula is C22H23F4N7O3S. The van der Waals surface area contributed by atoms with E-state index in [9.17, 15) is 30.8 Å². The van der Waals surface area contributed by atoms with E-state index < -0.39 is 45.3 Å². The fourth-order valence-electron chi connectivity index (χ4n) is 4.41. The summed E-state index contributed by atoms with van der Waals surface area (Å²) >= 11 is 0. The van der Waals surface area contributed by atoms with E-state index in [2.05, 4.69) is 25.3 Å². The van der Waals surface area contributed by atoms with Gasteiger partial charge in [-0.1, -0.05) is 0 Å². The van der Waals surface area contributed by atoms with Gasteiger partial charge in [0.05, 0.1) is 11.4 Å². The Morgan fingerprint density at radius 1 is 1.22 bits per heavy atom. The average Bonchev–Trinajstić information content (AvgIpc) is 3.64. The molecule has 0 atom stereocenters. The molecule has 10 nitrogen and oxygen atoms in total. The molecule has 1 saturated heterocycles. The van der Waals surface area contributed by atoms with Crippen LogP contribution in [0.4, 0.5) is 23.4 Å². The third-order valence-electron chi connectivity index (χ3n) is 6.56. The number of aromatic amines is 1. The van der Waals surface area contributed by atoms with Gasteiger partial charge >= 0.3 is 6.18 Å². The minimum atomic E-state index is -4.66. The van der Waals surface area contributed by atoms with E-state index in [1.165, 1.54) is 4.31 Å². The number of piperidine rings is 1. The summed E-state index contributed by atoms with van der Waals surface area (Å²) < 4.78 is 79.9. The first kappa shape index (κ1) is 25.3. The quantitative estimate of drug-likeness (QED) is 0.392. The van der Waals surface area contributed by atoms with Crippen molar-refractivity contribution in [3.63, 3.8) is 0 Å². The first-order valence-corrected chi connectivity index (χ1v) is 13.1. The lowest BCUT2D eigenvalue weighted by atomic mass is 9.87. The molecule has 5 rings (SSSR count). The molecular weight excluding hydrogens is 518 g/mol. The number of fused-ring (bicyclic) bond motifs is 1.